The van der Waals surface area contributed by atoms with Crippen molar-refractivity contribution >= 4 is 52.4 Å². The Hall–Kier alpha value is -4.19. The molecule has 2 aromatic carbocycles. The molecule has 0 saturated heterocycles. The number of carbonyl (C=O) groups excluding carboxylic acids is 4. The highest BCUT2D eigenvalue weighted by Crippen LogP contribution is 2.38. The van der Waals surface area contributed by atoms with Crippen molar-refractivity contribution in [3.05, 3.63) is 63.2 Å². The Balaban J connectivity index is 1.54. The Morgan fingerprint density at radius 1 is 0.765 bits per heavy atom. The average Bonchev–Trinajstić information content (AvgIpc) is 3.16. The van der Waals surface area contributed by atoms with Crippen LogP contribution in [0.25, 0.3) is 0 Å². The number of oxime groups is 2. The number of unbranched alkanes of at least 4 members (excludes halogenated alkanes) is 2. The summed E-state index contributed by atoms with van der Waals surface area (Å²) in [7, 11) is 0. The van der Waals surface area contributed by atoms with Crippen molar-refractivity contribution in [1.82, 2.24) is 0 Å². The third kappa shape index (κ3) is 11.4. The summed E-state index contributed by atoms with van der Waals surface area (Å²) < 4.78 is 0. The Kier molecular flexibility index (Phi) is 15.5. The van der Waals surface area contributed by atoms with Gasteiger partial charge in [-0.25, -0.2) is 9.59 Å². The number of Topliss-reactive ketones (excluding diaryl/α,β-unsaturated/α-hetero) is 2. The Morgan fingerprint density at radius 3 is 1.90 bits per heavy atom. The Labute approximate surface area is 304 Å². The van der Waals surface area contributed by atoms with Crippen LogP contribution in [0.3, 0.4) is 0 Å². The minimum absolute atomic E-state index is 0.0528. The fourth-order valence-electron chi connectivity index (χ4n) is 6.48. The van der Waals surface area contributed by atoms with E-state index in [0.717, 1.165) is 93.9 Å². The molecule has 0 aromatic heterocycles. The monoisotopic (exact) mass is 719 g/mol. The molecule has 0 radical (unpaired) electrons. The Morgan fingerprint density at radius 2 is 1.33 bits per heavy atom. The molecule has 2 aliphatic carbocycles. The molecule has 0 spiro atoms. The topological polar surface area (TPSA) is 155 Å². The molecular weight excluding hydrogens is 671 g/mol. The normalized spacial score (nSPS) is 16.1. The van der Waals surface area contributed by atoms with E-state index in [9.17, 15) is 29.3 Å². The second-order valence-electron chi connectivity index (χ2n) is 13.4. The van der Waals surface area contributed by atoms with Crippen LogP contribution in [0, 0.1) is 22.0 Å². The molecule has 0 heterocycles. The van der Waals surface area contributed by atoms with Gasteiger partial charge in [-0.1, -0.05) is 93.7 Å². The minimum atomic E-state index is -0.580. The molecule has 4 rings (SSSR count). The second-order valence-corrected chi connectivity index (χ2v) is 14.5. The highest BCUT2D eigenvalue weighted by Gasteiger charge is 2.26. The number of carbonyl (C=O) groups is 4. The van der Waals surface area contributed by atoms with Crippen molar-refractivity contribution in [2.75, 3.05) is 0 Å². The van der Waals surface area contributed by atoms with Crippen molar-refractivity contribution in [3.63, 3.8) is 0 Å². The first-order valence-corrected chi connectivity index (χ1v) is 19.2. The van der Waals surface area contributed by atoms with Crippen LogP contribution >= 0.6 is 11.8 Å². The molecule has 12 heteroatoms. The van der Waals surface area contributed by atoms with Gasteiger partial charge in [0.25, 0.3) is 5.69 Å². The lowest BCUT2D eigenvalue weighted by Gasteiger charge is -2.18. The zero-order valence-corrected chi connectivity index (χ0v) is 30.8. The molecule has 0 atom stereocenters. The van der Waals surface area contributed by atoms with Crippen LogP contribution < -0.4 is 0 Å². The third-order valence-corrected chi connectivity index (χ3v) is 10.7. The molecule has 0 unspecified atom stereocenters. The molecule has 0 aliphatic heterocycles. The predicted octanol–water partition coefficient (Wildman–Crippen LogP) is 9.62. The smallest absolute Gasteiger partial charge is 0.318 e. The van der Waals surface area contributed by atoms with Crippen molar-refractivity contribution in [3.8, 4) is 0 Å². The van der Waals surface area contributed by atoms with Crippen molar-refractivity contribution in [2.24, 2.45) is 22.1 Å². The summed E-state index contributed by atoms with van der Waals surface area (Å²) in [5.41, 5.74) is 1.15. The van der Waals surface area contributed by atoms with Gasteiger partial charge >= 0.3 is 11.9 Å². The van der Waals surface area contributed by atoms with Gasteiger partial charge in [0.1, 0.15) is 11.4 Å². The van der Waals surface area contributed by atoms with Gasteiger partial charge in [-0.2, -0.15) is 0 Å². The summed E-state index contributed by atoms with van der Waals surface area (Å²) in [6.07, 6.45) is 13.5. The van der Waals surface area contributed by atoms with Gasteiger partial charge in [0.15, 0.2) is 0 Å². The zero-order valence-electron chi connectivity index (χ0n) is 29.9. The SMILES string of the molecule is CCCCCc1cc(C(=O)/C(CCC)=N/OC(=O)C2CCCCC2)ccc1Sc1ccc(C(=O)/C(C)=N/OC(=O)C2CCCCC2)cc1[N+](=O)[O-]. The molecule has 0 bridgehead atoms. The third-order valence-electron chi connectivity index (χ3n) is 9.48. The number of aryl methyl sites for hydroxylation is 1. The number of hydrogen-bond donors (Lipinski definition) is 0. The predicted molar refractivity (Wildman–Crippen MR) is 196 cm³/mol. The summed E-state index contributed by atoms with van der Waals surface area (Å²) in [6.45, 7) is 5.43. The fourth-order valence-corrected chi connectivity index (χ4v) is 7.52. The summed E-state index contributed by atoms with van der Waals surface area (Å²) in [5, 5.41) is 20.0. The summed E-state index contributed by atoms with van der Waals surface area (Å²) in [4.78, 5) is 74.9. The van der Waals surface area contributed by atoms with Crippen LogP contribution in [0.1, 0.15) is 143 Å². The van der Waals surface area contributed by atoms with Crippen LogP contribution in [0.15, 0.2) is 56.5 Å². The quantitative estimate of drug-likeness (QED) is 0.0388. The molecule has 2 aliphatic rings. The first kappa shape index (κ1) is 39.6. The van der Waals surface area contributed by atoms with Gasteiger partial charge in [0, 0.05) is 22.1 Å². The zero-order chi connectivity index (χ0) is 36.8. The van der Waals surface area contributed by atoms with Crippen molar-refractivity contribution in [2.45, 2.75) is 133 Å². The Bertz CT molecular complexity index is 1640. The van der Waals surface area contributed by atoms with E-state index < -0.39 is 22.6 Å². The van der Waals surface area contributed by atoms with Crippen LogP contribution in [0.2, 0.25) is 0 Å². The summed E-state index contributed by atoms with van der Waals surface area (Å²) in [6, 6.07) is 9.47. The molecule has 2 fully saturated rings. The van der Waals surface area contributed by atoms with Gasteiger partial charge in [-0.05, 0) is 87.8 Å². The maximum absolute atomic E-state index is 13.7. The maximum atomic E-state index is 13.7. The largest absolute Gasteiger partial charge is 0.338 e. The van der Waals surface area contributed by atoms with Crippen molar-refractivity contribution < 1.29 is 33.8 Å². The van der Waals surface area contributed by atoms with Gasteiger partial charge in [0.05, 0.1) is 21.7 Å². The van der Waals surface area contributed by atoms with Gasteiger partial charge in [-0.3, -0.25) is 19.7 Å². The lowest BCUT2D eigenvalue weighted by molar-refractivity contribution is -0.387. The summed E-state index contributed by atoms with van der Waals surface area (Å²) in [5.74, 6) is -2.18. The molecule has 274 valence electrons. The van der Waals surface area contributed by atoms with E-state index in [4.69, 9.17) is 9.68 Å². The average molecular weight is 720 g/mol. The fraction of sp³-hybridized carbons (Fsp3) is 0.538. The van der Waals surface area contributed by atoms with Gasteiger partial charge in [-0.15, -0.1) is 0 Å². The van der Waals surface area contributed by atoms with E-state index in [1.807, 2.05) is 6.92 Å². The first-order chi connectivity index (χ1) is 24.6. The van der Waals surface area contributed by atoms with E-state index in [-0.39, 0.29) is 40.3 Å². The second kappa shape index (κ2) is 20.0. The molecule has 11 nitrogen and oxygen atoms in total. The number of nitrogens with zero attached hydrogens (tertiary/aromatic N) is 3. The van der Waals surface area contributed by atoms with E-state index in [1.165, 1.54) is 36.9 Å². The van der Waals surface area contributed by atoms with Crippen LogP contribution in [-0.2, 0) is 25.7 Å². The maximum Gasteiger partial charge on any atom is 0.338 e. The number of nitro groups is 1. The van der Waals surface area contributed by atoms with Crippen molar-refractivity contribution in [1.29, 1.82) is 0 Å². The van der Waals surface area contributed by atoms with E-state index >= 15 is 0 Å². The van der Waals surface area contributed by atoms with Gasteiger partial charge < -0.3 is 9.68 Å². The van der Waals surface area contributed by atoms with E-state index in [2.05, 4.69) is 17.2 Å². The molecule has 2 aromatic rings. The van der Waals surface area contributed by atoms with Crippen LogP contribution in [-0.4, -0.2) is 39.9 Å². The van der Waals surface area contributed by atoms with E-state index in [1.54, 1.807) is 18.2 Å². The molecule has 0 N–H and O–H groups in total. The molecule has 0 amide bonds. The number of rotatable bonds is 17. The van der Waals surface area contributed by atoms with E-state index in [0.29, 0.717) is 29.7 Å². The van der Waals surface area contributed by atoms with Gasteiger partial charge in [0.2, 0.25) is 11.6 Å². The number of benzene rings is 2. The lowest BCUT2D eigenvalue weighted by Crippen LogP contribution is -2.21. The summed E-state index contributed by atoms with van der Waals surface area (Å²) >= 11 is 1.19. The molecule has 2 saturated carbocycles. The standard InChI is InChI=1S/C39H49N3O8S/c1-4-6-9-19-29-24-30(37(44)32(14-5-2)41-50-39(46)28-17-12-8-13-18-28)20-22-34(29)51-35-23-21-31(25-33(35)42(47)48)36(43)26(3)40-49-38(45)27-15-10-7-11-16-27/h20-25,27-28H,4-19H2,1-3H3/b40-26+,41-32+. The highest BCUT2D eigenvalue weighted by molar-refractivity contribution is 7.99. The number of hydrogen-bond acceptors (Lipinski definition) is 11. The first-order valence-electron chi connectivity index (χ1n) is 18.3. The molecule has 51 heavy (non-hydrogen) atoms. The molecular formula is C39H49N3O8S. The van der Waals surface area contributed by atoms with Crippen LogP contribution in [0.4, 0.5) is 5.69 Å². The lowest BCUT2D eigenvalue weighted by atomic mass is 9.89. The van der Waals surface area contributed by atoms with Crippen LogP contribution in [0.5, 0.6) is 0 Å². The minimum Gasteiger partial charge on any atom is -0.318 e. The number of nitro benzene ring substituents is 1. The number of ketones is 2. The highest BCUT2D eigenvalue weighted by atomic mass is 32.2.